The molecule has 1 unspecified atom stereocenters. The summed E-state index contributed by atoms with van der Waals surface area (Å²) in [6.07, 6.45) is 9.47. The molecule has 1 N–H and O–H groups in total. The normalized spacial score (nSPS) is 19.2. The van der Waals surface area contributed by atoms with Gasteiger partial charge in [0.25, 0.3) is 0 Å². The first-order valence-electron chi connectivity index (χ1n) is 6.16. The van der Waals surface area contributed by atoms with Crippen molar-refractivity contribution < 1.29 is 9.21 Å². The van der Waals surface area contributed by atoms with E-state index in [1.54, 1.807) is 6.20 Å². The predicted molar refractivity (Wildman–Crippen MR) is 64.2 cm³/mol. The summed E-state index contributed by atoms with van der Waals surface area (Å²) in [5.41, 5.74) is 0. The highest BCUT2D eigenvalue weighted by Crippen LogP contribution is 2.18. The highest BCUT2D eigenvalue weighted by molar-refractivity contribution is 5.78. The summed E-state index contributed by atoms with van der Waals surface area (Å²) in [6.45, 7) is 2.43. The summed E-state index contributed by atoms with van der Waals surface area (Å²) in [6, 6.07) is 0. The molecule has 1 aliphatic rings. The molecule has 4 heteroatoms. The molecule has 1 atom stereocenters. The fraction of sp³-hybridized carbons (Fsp3) is 0.538. The SMILES string of the molecule is CCc1ncc(CNC(=O)C2CC=CCC2)o1. The van der Waals surface area contributed by atoms with Gasteiger partial charge in [0.05, 0.1) is 12.7 Å². The molecular weight excluding hydrogens is 216 g/mol. The Hall–Kier alpha value is -1.58. The second-order valence-corrected chi connectivity index (χ2v) is 4.27. The summed E-state index contributed by atoms with van der Waals surface area (Å²) in [5.74, 6) is 1.67. The van der Waals surface area contributed by atoms with E-state index < -0.39 is 0 Å². The Morgan fingerprint density at radius 3 is 3.12 bits per heavy atom. The van der Waals surface area contributed by atoms with Crippen LogP contribution in [0.15, 0.2) is 22.8 Å². The molecular formula is C13H18N2O2. The van der Waals surface area contributed by atoms with Gasteiger partial charge in [0.1, 0.15) is 5.76 Å². The van der Waals surface area contributed by atoms with Gasteiger partial charge in [-0.25, -0.2) is 4.98 Å². The number of nitrogens with zero attached hydrogens (tertiary/aromatic N) is 1. The molecule has 0 saturated heterocycles. The van der Waals surface area contributed by atoms with E-state index in [9.17, 15) is 4.79 Å². The fourth-order valence-electron chi connectivity index (χ4n) is 1.94. The van der Waals surface area contributed by atoms with Gasteiger partial charge in [-0.2, -0.15) is 0 Å². The van der Waals surface area contributed by atoms with Crippen LogP contribution in [0, 0.1) is 5.92 Å². The van der Waals surface area contributed by atoms with Gasteiger partial charge in [-0.05, 0) is 19.3 Å². The average molecular weight is 234 g/mol. The molecule has 0 aromatic carbocycles. The van der Waals surface area contributed by atoms with Crippen LogP contribution < -0.4 is 5.32 Å². The smallest absolute Gasteiger partial charge is 0.223 e. The lowest BCUT2D eigenvalue weighted by Crippen LogP contribution is -2.30. The molecule has 2 rings (SSSR count). The number of oxazole rings is 1. The Labute approximate surface area is 101 Å². The Morgan fingerprint density at radius 1 is 1.59 bits per heavy atom. The van der Waals surface area contributed by atoms with Gasteiger partial charge >= 0.3 is 0 Å². The third kappa shape index (κ3) is 3.19. The summed E-state index contributed by atoms with van der Waals surface area (Å²) >= 11 is 0. The molecule has 1 aromatic rings. The van der Waals surface area contributed by atoms with Gasteiger partial charge < -0.3 is 9.73 Å². The Kier molecular flexibility index (Phi) is 3.96. The lowest BCUT2D eigenvalue weighted by atomic mass is 9.94. The van der Waals surface area contributed by atoms with Crippen molar-refractivity contribution in [3.63, 3.8) is 0 Å². The Bertz CT molecular complexity index is 409. The maximum absolute atomic E-state index is 11.8. The molecule has 1 aromatic heterocycles. The summed E-state index contributed by atoms with van der Waals surface area (Å²) < 4.78 is 5.43. The first-order valence-corrected chi connectivity index (χ1v) is 6.16. The molecule has 0 aliphatic heterocycles. The summed E-state index contributed by atoms with van der Waals surface area (Å²) in [5, 5.41) is 2.90. The Balaban J connectivity index is 1.81. The first-order chi connectivity index (χ1) is 8.29. The van der Waals surface area contributed by atoms with E-state index in [-0.39, 0.29) is 11.8 Å². The molecule has 4 nitrogen and oxygen atoms in total. The molecule has 0 bridgehead atoms. The number of amides is 1. The van der Waals surface area contributed by atoms with Crippen LogP contribution in [0.2, 0.25) is 0 Å². The number of carbonyl (C=O) groups is 1. The molecule has 0 radical (unpaired) electrons. The number of allylic oxidation sites excluding steroid dienone is 2. The third-order valence-electron chi connectivity index (χ3n) is 2.98. The van der Waals surface area contributed by atoms with Gasteiger partial charge in [-0.1, -0.05) is 19.1 Å². The topological polar surface area (TPSA) is 55.1 Å². The van der Waals surface area contributed by atoms with Crippen LogP contribution in [-0.2, 0) is 17.8 Å². The van der Waals surface area contributed by atoms with Crippen LogP contribution in [0.25, 0.3) is 0 Å². The highest BCUT2D eigenvalue weighted by atomic mass is 16.4. The summed E-state index contributed by atoms with van der Waals surface area (Å²) in [4.78, 5) is 15.9. The number of carbonyl (C=O) groups excluding carboxylic acids is 1. The van der Waals surface area contributed by atoms with E-state index in [1.807, 2.05) is 6.92 Å². The number of aryl methyl sites for hydroxylation is 1. The van der Waals surface area contributed by atoms with E-state index >= 15 is 0 Å². The lowest BCUT2D eigenvalue weighted by molar-refractivity contribution is -0.125. The van der Waals surface area contributed by atoms with Gasteiger partial charge in [-0.3, -0.25) is 4.79 Å². The van der Waals surface area contributed by atoms with E-state index in [1.165, 1.54) is 0 Å². The number of hydrogen-bond donors (Lipinski definition) is 1. The largest absolute Gasteiger partial charge is 0.444 e. The van der Waals surface area contributed by atoms with Gasteiger partial charge in [0.15, 0.2) is 5.89 Å². The number of rotatable bonds is 4. The standard InChI is InChI=1S/C13H18N2O2/c1-2-12-14-8-11(17-12)9-15-13(16)10-6-4-3-5-7-10/h3-4,8,10H,2,5-7,9H2,1H3,(H,15,16). The van der Waals surface area contributed by atoms with Crippen molar-refractivity contribution in [2.75, 3.05) is 0 Å². The third-order valence-corrected chi connectivity index (χ3v) is 2.98. The minimum absolute atomic E-state index is 0.115. The van der Waals surface area contributed by atoms with E-state index in [2.05, 4.69) is 22.5 Å². The van der Waals surface area contributed by atoms with Gasteiger partial charge in [-0.15, -0.1) is 0 Å². The van der Waals surface area contributed by atoms with Crippen LogP contribution in [0.1, 0.15) is 37.8 Å². The molecule has 0 spiro atoms. The monoisotopic (exact) mass is 234 g/mol. The van der Waals surface area contributed by atoms with Crippen LogP contribution in [0.5, 0.6) is 0 Å². The molecule has 1 aliphatic carbocycles. The molecule has 17 heavy (non-hydrogen) atoms. The minimum Gasteiger partial charge on any atom is -0.444 e. The van der Waals surface area contributed by atoms with Crippen LogP contribution >= 0.6 is 0 Å². The van der Waals surface area contributed by atoms with Crippen molar-refractivity contribution in [1.82, 2.24) is 10.3 Å². The van der Waals surface area contributed by atoms with E-state index in [0.29, 0.717) is 6.54 Å². The molecule has 1 heterocycles. The van der Waals surface area contributed by atoms with Crippen molar-refractivity contribution >= 4 is 5.91 Å². The zero-order valence-electron chi connectivity index (χ0n) is 10.1. The van der Waals surface area contributed by atoms with Crippen molar-refractivity contribution in [3.05, 3.63) is 30.0 Å². The van der Waals surface area contributed by atoms with Crippen molar-refractivity contribution in [2.24, 2.45) is 5.92 Å². The number of hydrogen-bond acceptors (Lipinski definition) is 3. The van der Waals surface area contributed by atoms with Crippen molar-refractivity contribution in [3.8, 4) is 0 Å². The second-order valence-electron chi connectivity index (χ2n) is 4.27. The van der Waals surface area contributed by atoms with Crippen LogP contribution in [-0.4, -0.2) is 10.9 Å². The van der Waals surface area contributed by atoms with Crippen molar-refractivity contribution in [1.29, 1.82) is 0 Å². The Morgan fingerprint density at radius 2 is 2.47 bits per heavy atom. The van der Waals surface area contributed by atoms with Crippen molar-refractivity contribution in [2.45, 2.75) is 39.2 Å². The quantitative estimate of drug-likeness (QED) is 0.813. The van der Waals surface area contributed by atoms with E-state index in [4.69, 9.17) is 4.42 Å². The molecule has 92 valence electrons. The van der Waals surface area contributed by atoms with Crippen LogP contribution in [0.3, 0.4) is 0 Å². The molecule has 1 amide bonds. The zero-order valence-corrected chi connectivity index (χ0v) is 10.1. The zero-order chi connectivity index (χ0) is 12.1. The average Bonchev–Trinajstić information content (AvgIpc) is 2.85. The van der Waals surface area contributed by atoms with Gasteiger partial charge in [0.2, 0.25) is 5.91 Å². The second kappa shape index (κ2) is 5.66. The molecule has 0 fully saturated rings. The van der Waals surface area contributed by atoms with E-state index in [0.717, 1.165) is 37.3 Å². The summed E-state index contributed by atoms with van der Waals surface area (Å²) in [7, 11) is 0. The number of aromatic nitrogens is 1. The van der Waals surface area contributed by atoms with Crippen LogP contribution in [0.4, 0.5) is 0 Å². The highest BCUT2D eigenvalue weighted by Gasteiger charge is 2.18. The maximum Gasteiger partial charge on any atom is 0.223 e. The molecule has 0 saturated carbocycles. The minimum atomic E-state index is 0.115. The predicted octanol–water partition coefficient (Wildman–Crippen LogP) is 2.21. The van der Waals surface area contributed by atoms with Gasteiger partial charge in [0, 0.05) is 12.3 Å². The first kappa shape index (κ1) is 11.9. The number of nitrogens with one attached hydrogen (secondary N) is 1. The fourth-order valence-corrected chi connectivity index (χ4v) is 1.94. The lowest BCUT2D eigenvalue weighted by Gasteiger charge is -2.16. The maximum atomic E-state index is 11.8.